The van der Waals surface area contributed by atoms with E-state index in [-0.39, 0.29) is 5.91 Å². The van der Waals surface area contributed by atoms with Crippen LogP contribution in [0.2, 0.25) is 5.02 Å². The molecule has 5 nitrogen and oxygen atoms in total. The molecule has 1 N–H and O–H groups in total. The maximum absolute atomic E-state index is 12.0. The molecule has 0 unspecified atom stereocenters. The van der Waals surface area contributed by atoms with Gasteiger partial charge in [-0.05, 0) is 42.8 Å². The number of benzene rings is 2. The van der Waals surface area contributed by atoms with E-state index in [4.69, 9.17) is 25.8 Å². The number of nitrogens with one attached hydrogen (secondary N) is 1. The molecule has 0 aliphatic heterocycles. The summed E-state index contributed by atoms with van der Waals surface area (Å²) in [6, 6.07) is 12.4. The van der Waals surface area contributed by atoms with Crippen molar-refractivity contribution in [3.05, 3.63) is 47.5 Å². The summed E-state index contributed by atoms with van der Waals surface area (Å²) in [4.78, 5) is 12.0. The Kier molecular flexibility index (Phi) is 6.75. The summed E-state index contributed by atoms with van der Waals surface area (Å²) in [5.41, 5.74) is 0.663. The van der Waals surface area contributed by atoms with Crippen LogP contribution in [0.3, 0.4) is 0 Å². The highest BCUT2D eigenvalue weighted by molar-refractivity contribution is 6.30. The van der Waals surface area contributed by atoms with Gasteiger partial charge in [-0.2, -0.15) is 0 Å². The highest BCUT2D eigenvalue weighted by Crippen LogP contribution is 2.29. The largest absolute Gasteiger partial charge is 0.494 e. The topological polar surface area (TPSA) is 56.8 Å². The zero-order chi connectivity index (χ0) is 17.4. The first kappa shape index (κ1) is 17.9. The minimum atomic E-state index is -0.0815. The number of anilines is 1. The first-order chi connectivity index (χ1) is 11.6. The summed E-state index contributed by atoms with van der Waals surface area (Å²) in [5, 5.41) is 3.49. The number of rotatable bonds is 8. The number of hydrogen-bond donors (Lipinski definition) is 1. The van der Waals surface area contributed by atoms with Gasteiger partial charge >= 0.3 is 0 Å². The smallest absolute Gasteiger partial charge is 0.224 e. The molecule has 0 saturated carbocycles. The number of hydrogen-bond acceptors (Lipinski definition) is 4. The van der Waals surface area contributed by atoms with Gasteiger partial charge in [0, 0.05) is 23.2 Å². The summed E-state index contributed by atoms with van der Waals surface area (Å²) in [6.07, 6.45) is 0.976. The number of ether oxygens (including phenoxy) is 3. The minimum Gasteiger partial charge on any atom is -0.494 e. The van der Waals surface area contributed by atoms with E-state index >= 15 is 0 Å². The van der Waals surface area contributed by atoms with Gasteiger partial charge in [0.1, 0.15) is 5.75 Å². The van der Waals surface area contributed by atoms with Crippen molar-refractivity contribution in [2.75, 3.05) is 26.1 Å². The Hall–Kier alpha value is -2.40. The van der Waals surface area contributed by atoms with Crippen LogP contribution in [-0.2, 0) is 4.79 Å². The van der Waals surface area contributed by atoms with Crippen LogP contribution in [0, 0.1) is 0 Å². The number of amides is 1. The maximum Gasteiger partial charge on any atom is 0.224 e. The minimum absolute atomic E-state index is 0.0815. The van der Waals surface area contributed by atoms with E-state index in [1.807, 2.05) is 0 Å². The van der Waals surface area contributed by atoms with E-state index in [1.165, 1.54) is 0 Å². The van der Waals surface area contributed by atoms with Gasteiger partial charge in [-0.25, -0.2) is 0 Å². The van der Waals surface area contributed by atoms with Crippen molar-refractivity contribution in [1.82, 2.24) is 0 Å². The molecule has 0 spiro atoms. The number of methoxy groups -OCH3 is 2. The lowest BCUT2D eigenvalue weighted by Gasteiger charge is -2.11. The average molecular weight is 350 g/mol. The van der Waals surface area contributed by atoms with Crippen LogP contribution < -0.4 is 19.5 Å². The molecule has 0 aliphatic carbocycles. The molecule has 2 rings (SSSR count). The molecule has 1 amide bonds. The molecule has 0 saturated heterocycles. The van der Waals surface area contributed by atoms with E-state index in [0.29, 0.717) is 41.7 Å². The summed E-state index contributed by atoms with van der Waals surface area (Å²) < 4.78 is 15.9. The van der Waals surface area contributed by atoms with Gasteiger partial charge in [-0.15, -0.1) is 0 Å². The van der Waals surface area contributed by atoms with Crippen LogP contribution in [0.15, 0.2) is 42.5 Å². The predicted molar refractivity (Wildman–Crippen MR) is 94.4 cm³/mol. The van der Waals surface area contributed by atoms with Crippen LogP contribution in [0.4, 0.5) is 5.69 Å². The summed E-state index contributed by atoms with van der Waals surface area (Å²) in [7, 11) is 3.12. The van der Waals surface area contributed by atoms with Crippen LogP contribution in [0.25, 0.3) is 0 Å². The standard InChI is InChI=1S/C18H20ClNO4/c1-22-16-10-7-14(12-17(16)23-2)20-18(21)4-3-11-24-15-8-5-13(19)6-9-15/h5-10,12H,3-4,11H2,1-2H3,(H,20,21). The van der Waals surface area contributed by atoms with Crippen LogP contribution in [0.5, 0.6) is 17.2 Å². The second-order valence-corrected chi connectivity index (χ2v) is 5.46. The third kappa shape index (κ3) is 5.35. The lowest BCUT2D eigenvalue weighted by molar-refractivity contribution is -0.116. The SMILES string of the molecule is COc1ccc(NC(=O)CCCOc2ccc(Cl)cc2)cc1OC. The first-order valence-electron chi connectivity index (χ1n) is 7.52. The summed E-state index contributed by atoms with van der Waals surface area (Å²) in [6.45, 7) is 0.459. The molecule has 2 aromatic carbocycles. The molecule has 6 heteroatoms. The maximum atomic E-state index is 12.0. The molecule has 24 heavy (non-hydrogen) atoms. The molecular weight excluding hydrogens is 330 g/mol. The molecule has 2 aromatic rings. The second kappa shape index (κ2) is 9.03. The fourth-order valence-corrected chi connectivity index (χ4v) is 2.22. The van der Waals surface area contributed by atoms with E-state index in [1.54, 1.807) is 56.7 Å². The molecular formula is C18H20ClNO4. The Morgan fingerprint density at radius 3 is 2.42 bits per heavy atom. The summed E-state index contributed by atoms with van der Waals surface area (Å²) >= 11 is 5.81. The predicted octanol–water partition coefficient (Wildman–Crippen LogP) is 4.15. The van der Waals surface area contributed by atoms with Gasteiger partial charge in [0.05, 0.1) is 20.8 Å². The Balaban J connectivity index is 1.76. The van der Waals surface area contributed by atoms with Crippen LogP contribution in [0.1, 0.15) is 12.8 Å². The van der Waals surface area contributed by atoms with Gasteiger partial charge in [0.2, 0.25) is 5.91 Å². The monoisotopic (exact) mass is 349 g/mol. The van der Waals surface area contributed by atoms with Crippen molar-refractivity contribution in [2.45, 2.75) is 12.8 Å². The van der Waals surface area contributed by atoms with Crippen molar-refractivity contribution in [1.29, 1.82) is 0 Å². The van der Waals surface area contributed by atoms with E-state index in [0.717, 1.165) is 5.75 Å². The number of carbonyl (C=O) groups is 1. The molecule has 0 atom stereocenters. The molecule has 128 valence electrons. The van der Waals surface area contributed by atoms with Gasteiger partial charge in [0.15, 0.2) is 11.5 Å². The number of halogens is 1. The Morgan fingerprint density at radius 1 is 1.04 bits per heavy atom. The van der Waals surface area contributed by atoms with Gasteiger partial charge in [-0.1, -0.05) is 11.6 Å². The third-order valence-corrected chi connectivity index (χ3v) is 3.55. The first-order valence-corrected chi connectivity index (χ1v) is 7.90. The van der Waals surface area contributed by atoms with Crippen molar-refractivity contribution in [3.63, 3.8) is 0 Å². The lowest BCUT2D eigenvalue weighted by Crippen LogP contribution is -2.13. The van der Waals surface area contributed by atoms with Gasteiger partial charge in [0.25, 0.3) is 0 Å². The zero-order valence-corrected chi connectivity index (χ0v) is 14.4. The van der Waals surface area contributed by atoms with Crippen molar-refractivity contribution >= 4 is 23.2 Å². The number of carbonyl (C=O) groups excluding carboxylic acids is 1. The fourth-order valence-electron chi connectivity index (χ4n) is 2.09. The molecule has 0 heterocycles. The van der Waals surface area contributed by atoms with E-state index < -0.39 is 0 Å². The van der Waals surface area contributed by atoms with Crippen LogP contribution in [-0.4, -0.2) is 26.7 Å². The van der Waals surface area contributed by atoms with Crippen molar-refractivity contribution in [2.24, 2.45) is 0 Å². The third-order valence-electron chi connectivity index (χ3n) is 3.30. The highest BCUT2D eigenvalue weighted by Gasteiger charge is 2.07. The Labute approximate surface area is 146 Å². The summed E-state index contributed by atoms with van der Waals surface area (Å²) in [5.74, 6) is 1.84. The molecule has 0 fully saturated rings. The quantitative estimate of drug-likeness (QED) is 0.727. The lowest BCUT2D eigenvalue weighted by atomic mass is 10.2. The molecule has 0 radical (unpaired) electrons. The Morgan fingerprint density at radius 2 is 1.75 bits per heavy atom. The van der Waals surface area contributed by atoms with Crippen LogP contribution >= 0.6 is 11.6 Å². The van der Waals surface area contributed by atoms with Gasteiger partial charge < -0.3 is 19.5 Å². The van der Waals surface area contributed by atoms with Crippen molar-refractivity contribution in [3.8, 4) is 17.2 Å². The fraction of sp³-hybridized carbons (Fsp3) is 0.278. The van der Waals surface area contributed by atoms with Gasteiger partial charge in [-0.3, -0.25) is 4.79 Å². The second-order valence-electron chi connectivity index (χ2n) is 5.02. The average Bonchev–Trinajstić information content (AvgIpc) is 2.60. The highest BCUT2D eigenvalue weighted by atomic mass is 35.5. The molecule has 0 bridgehead atoms. The normalized spacial score (nSPS) is 10.1. The zero-order valence-electron chi connectivity index (χ0n) is 13.7. The molecule has 0 aromatic heterocycles. The van der Waals surface area contributed by atoms with E-state index in [9.17, 15) is 4.79 Å². The van der Waals surface area contributed by atoms with E-state index in [2.05, 4.69) is 5.32 Å². The molecule has 0 aliphatic rings. The van der Waals surface area contributed by atoms with Crippen molar-refractivity contribution < 1.29 is 19.0 Å². The Bertz CT molecular complexity index is 673.